The molecule has 160 valence electrons. The molecule has 0 aliphatic carbocycles. The van der Waals surface area contributed by atoms with E-state index in [-0.39, 0.29) is 12.1 Å². The van der Waals surface area contributed by atoms with E-state index < -0.39 is 10.0 Å². The van der Waals surface area contributed by atoms with Crippen LogP contribution in [0.15, 0.2) is 35.4 Å². The van der Waals surface area contributed by atoms with Crippen molar-refractivity contribution < 1.29 is 8.42 Å². The Kier molecular flexibility index (Phi) is 4.46. The molecule has 5 rings (SSSR count). The normalized spacial score (nSPS) is 12.5. The number of sulfonamides is 1. The Balaban J connectivity index is 1.58. The summed E-state index contributed by atoms with van der Waals surface area (Å²) in [5.74, 6) is 0. The van der Waals surface area contributed by atoms with Crippen LogP contribution in [-0.4, -0.2) is 43.8 Å². The predicted molar refractivity (Wildman–Crippen MR) is 120 cm³/mol. The lowest BCUT2D eigenvalue weighted by atomic mass is 10.1. The molecule has 4 aromatic heterocycles. The van der Waals surface area contributed by atoms with Crippen molar-refractivity contribution in [2.45, 2.75) is 13.1 Å². The number of fused-ring (bicyclic) bond motifs is 4. The second-order valence-electron chi connectivity index (χ2n) is 7.40. The molecule has 12 heteroatoms. The third-order valence-electron chi connectivity index (χ3n) is 5.26. The third kappa shape index (κ3) is 3.32. The van der Waals surface area contributed by atoms with E-state index >= 15 is 0 Å². The zero-order valence-corrected chi connectivity index (χ0v) is 18.7. The summed E-state index contributed by atoms with van der Waals surface area (Å²) in [5, 5.41) is 11.0. The van der Waals surface area contributed by atoms with Gasteiger partial charge in [0.05, 0.1) is 42.0 Å². The van der Waals surface area contributed by atoms with Crippen LogP contribution in [0.25, 0.3) is 32.2 Å². The summed E-state index contributed by atoms with van der Waals surface area (Å²) in [6.07, 6.45) is 4.57. The first kappa shape index (κ1) is 19.8. The summed E-state index contributed by atoms with van der Waals surface area (Å²) >= 11 is 1.35. The fourth-order valence-corrected chi connectivity index (χ4v) is 5.29. The molecular formula is C19H19N7O3S2. The van der Waals surface area contributed by atoms with Gasteiger partial charge in [0, 0.05) is 24.9 Å². The molecule has 0 aliphatic heterocycles. The largest absolute Gasteiger partial charge is 0.323 e. The summed E-state index contributed by atoms with van der Waals surface area (Å²) in [6, 6.07) is 5.89. The van der Waals surface area contributed by atoms with E-state index in [0.717, 1.165) is 27.4 Å². The molecule has 1 aromatic carbocycles. The number of hydrogen-bond donors (Lipinski definition) is 1. The predicted octanol–water partition coefficient (Wildman–Crippen LogP) is 1.33. The molecule has 10 nitrogen and oxygen atoms in total. The van der Waals surface area contributed by atoms with Crippen molar-refractivity contribution in [2.24, 2.45) is 14.1 Å². The zero-order chi connectivity index (χ0) is 21.9. The van der Waals surface area contributed by atoms with Gasteiger partial charge in [0.25, 0.3) is 5.56 Å². The number of benzene rings is 1. The summed E-state index contributed by atoms with van der Waals surface area (Å²) in [6.45, 7) is 0.437. The molecule has 0 fully saturated rings. The van der Waals surface area contributed by atoms with Gasteiger partial charge in [-0.15, -0.1) is 11.3 Å². The van der Waals surface area contributed by atoms with Gasteiger partial charge in [-0.2, -0.15) is 10.2 Å². The minimum absolute atomic E-state index is 0.110. The second-order valence-corrected chi connectivity index (χ2v) is 10.3. The Bertz CT molecular complexity index is 1640. The van der Waals surface area contributed by atoms with Gasteiger partial charge in [-0.05, 0) is 11.6 Å². The highest BCUT2D eigenvalue weighted by Gasteiger charge is 2.19. The smallest absolute Gasteiger partial charge is 0.291 e. The van der Waals surface area contributed by atoms with Crippen molar-refractivity contribution in [3.63, 3.8) is 0 Å². The maximum atomic E-state index is 13.2. The van der Waals surface area contributed by atoms with Gasteiger partial charge in [0.15, 0.2) is 5.65 Å². The average molecular weight is 458 g/mol. The molecule has 0 bridgehead atoms. The highest BCUT2D eigenvalue weighted by atomic mass is 32.2. The van der Waals surface area contributed by atoms with Gasteiger partial charge >= 0.3 is 0 Å². The quantitative estimate of drug-likeness (QED) is 0.426. The lowest BCUT2D eigenvalue weighted by Crippen LogP contribution is -2.24. The van der Waals surface area contributed by atoms with Gasteiger partial charge < -0.3 is 4.57 Å². The Hall–Kier alpha value is -3.09. The number of nitrogens with zero attached hydrogens (tertiary/aromatic N) is 6. The summed E-state index contributed by atoms with van der Waals surface area (Å²) < 4.78 is 31.0. The van der Waals surface area contributed by atoms with Crippen molar-refractivity contribution in [2.75, 3.05) is 6.26 Å². The van der Waals surface area contributed by atoms with Gasteiger partial charge in [0.1, 0.15) is 10.5 Å². The number of nitrogens with one attached hydrogen (secondary N) is 1. The molecule has 4 heterocycles. The first-order valence-electron chi connectivity index (χ1n) is 9.41. The van der Waals surface area contributed by atoms with Crippen LogP contribution in [0.4, 0.5) is 0 Å². The molecule has 0 unspecified atom stereocenters. The Morgan fingerprint density at radius 2 is 1.90 bits per heavy atom. The fraction of sp³-hybridized carbons (Fsp3) is 0.263. The lowest BCUT2D eigenvalue weighted by Gasteiger charge is -2.07. The van der Waals surface area contributed by atoms with Gasteiger partial charge in [-0.3, -0.25) is 9.48 Å². The maximum Gasteiger partial charge on any atom is 0.291 e. The van der Waals surface area contributed by atoms with Gasteiger partial charge in [-0.25, -0.2) is 22.8 Å². The van der Waals surface area contributed by atoms with Crippen molar-refractivity contribution in [1.82, 2.24) is 33.8 Å². The standard InChI is InChI=1S/C19H19N7O3S2/c1-24-16-13(17-18(24)23-15(30-17)9-22-31(3,28)29)8-21-26(19(16)27)10-11-5-4-6-14-12(11)7-20-25(14)2/h4-8,22H,9-10H2,1-3H3. The Labute approximate surface area is 180 Å². The van der Waals surface area contributed by atoms with Crippen LogP contribution in [-0.2, 0) is 37.2 Å². The summed E-state index contributed by atoms with van der Waals surface area (Å²) in [7, 11) is 0.351. The molecule has 31 heavy (non-hydrogen) atoms. The number of rotatable bonds is 5. The highest BCUT2D eigenvalue weighted by molar-refractivity contribution is 7.88. The van der Waals surface area contributed by atoms with Crippen molar-refractivity contribution >= 4 is 53.5 Å². The first-order valence-corrected chi connectivity index (χ1v) is 12.1. The number of hydrogen-bond acceptors (Lipinski definition) is 7. The summed E-state index contributed by atoms with van der Waals surface area (Å²) in [4.78, 5) is 17.8. The number of thiazole rings is 1. The van der Waals surface area contributed by atoms with E-state index in [9.17, 15) is 13.2 Å². The van der Waals surface area contributed by atoms with Crippen molar-refractivity contribution in [3.8, 4) is 0 Å². The second kappa shape index (κ2) is 6.97. The number of aromatic nitrogens is 6. The van der Waals surface area contributed by atoms with Crippen molar-refractivity contribution in [3.05, 3.63) is 51.5 Å². The first-order chi connectivity index (χ1) is 14.7. The lowest BCUT2D eigenvalue weighted by molar-refractivity contribution is 0.587. The molecule has 0 atom stereocenters. The van der Waals surface area contributed by atoms with Crippen LogP contribution < -0.4 is 10.3 Å². The molecule has 0 saturated carbocycles. The molecule has 0 aliphatic rings. The number of aryl methyl sites for hydroxylation is 2. The molecule has 0 saturated heterocycles. The van der Waals surface area contributed by atoms with Crippen LogP contribution in [0.2, 0.25) is 0 Å². The summed E-state index contributed by atoms with van der Waals surface area (Å²) in [5.41, 5.74) is 2.90. The molecule has 5 aromatic rings. The minimum atomic E-state index is -3.31. The Morgan fingerprint density at radius 1 is 1.13 bits per heavy atom. The van der Waals surface area contributed by atoms with Crippen LogP contribution in [0.3, 0.4) is 0 Å². The van der Waals surface area contributed by atoms with Gasteiger partial charge in [0.2, 0.25) is 10.0 Å². The zero-order valence-electron chi connectivity index (χ0n) is 17.0. The third-order valence-corrected chi connectivity index (χ3v) is 7.00. The maximum absolute atomic E-state index is 13.2. The average Bonchev–Trinajstić information content (AvgIpc) is 3.37. The Morgan fingerprint density at radius 3 is 2.68 bits per heavy atom. The molecule has 1 N–H and O–H groups in total. The van der Waals surface area contributed by atoms with Crippen LogP contribution in [0.5, 0.6) is 0 Å². The van der Waals surface area contributed by atoms with Crippen LogP contribution >= 0.6 is 11.3 Å². The fourth-order valence-electron chi connectivity index (χ4n) is 3.75. The van der Waals surface area contributed by atoms with E-state index in [1.165, 1.54) is 16.0 Å². The molecular weight excluding hydrogens is 438 g/mol. The van der Waals surface area contributed by atoms with Crippen LogP contribution in [0, 0.1) is 0 Å². The minimum Gasteiger partial charge on any atom is -0.323 e. The van der Waals surface area contributed by atoms with E-state index in [1.54, 1.807) is 28.7 Å². The van der Waals surface area contributed by atoms with Crippen molar-refractivity contribution in [1.29, 1.82) is 0 Å². The molecule has 0 spiro atoms. The van der Waals surface area contributed by atoms with Gasteiger partial charge in [-0.1, -0.05) is 12.1 Å². The van der Waals surface area contributed by atoms with E-state index in [4.69, 9.17) is 0 Å². The van der Waals surface area contributed by atoms with Crippen LogP contribution in [0.1, 0.15) is 10.6 Å². The van der Waals surface area contributed by atoms with E-state index in [0.29, 0.717) is 28.1 Å². The highest BCUT2D eigenvalue weighted by Crippen LogP contribution is 2.30. The van der Waals surface area contributed by atoms with E-state index in [2.05, 4.69) is 19.9 Å². The monoisotopic (exact) mass is 457 g/mol. The van der Waals surface area contributed by atoms with E-state index in [1.807, 2.05) is 25.2 Å². The molecule has 0 amide bonds. The molecule has 0 radical (unpaired) electrons. The SMILES string of the molecule is Cn1ncc2c(Cn3ncc4c5sc(CNS(C)(=O)=O)nc5n(C)c4c3=O)cccc21. The topological polar surface area (TPSA) is 117 Å².